The summed E-state index contributed by atoms with van der Waals surface area (Å²) in [6, 6.07) is 22.5. The maximum atomic E-state index is 13.2. The predicted octanol–water partition coefficient (Wildman–Crippen LogP) is 4.57. The quantitative estimate of drug-likeness (QED) is 0.506. The molecule has 0 aliphatic carbocycles. The molecular formula is C24H20N2O3. The molecule has 4 aromatic rings. The molecule has 0 fully saturated rings. The van der Waals surface area contributed by atoms with E-state index >= 15 is 0 Å². The van der Waals surface area contributed by atoms with Gasteiger partial charge in [0.25, 0.3) is 5.56 Å². The van der Waals surface area contributed by atoms with E-state index < -0.39 is 0 Å². The molecule has 0 N–H and O–H groups in total. The zero-order valence-corrected chi connectivity index (χ0v) is 16.2. The maximum absolute atomic E-state index is 13.2. The van der Waals surface area contributed by atoms with Crippen molar-refractivity contribution in [3.8, 4) is 17.2 Å². The molecule has 0 aliphatic heterocycles. The summed E-state index contributed by atoms with van der Waals surface area (Å²) in [5.41, 5.74) is 2.23. The Hall–Kier alpha value is -3.86. The minimum absolute atomic E-state index is 0.103. The van der Waals surface area contributed by atoms with Crippen LogP contribution in [0.15, 0.2) is 77.6 Å². The highest BCUT2D eigenvalue weighted by Gasteiger charge is 2.11. The van der Waals surface area contributed by atoms with E-state index in [-0.39, 0.29) is 5.56 Å². The average Bonchev–Trinajstić information content (AvgIpc) is 2.78. The van der Waals surface area contributed by atoms with Gasteiger partial charge >= 0.3 is 0 Å². The molecule has 0 saturated heterocycles. The van der Waals surface area contributed by atoms with Gasteiger partial charge in [0.05, 0.1) is 30.8 Å². The van der Waals surface area contributed by atoms with Gasteiger partial charge in [0.15, 0.2) is 11.5 Å². The van der Waals surface area contributed by atoms with Gasteiger partial charge in [-0.15, -0.1) is 0 Å². The average molecular weight is 384 g/mol. The van der Waals surface area contributed by atoms with Crippen LogP contribution in [0.3, 0.4) is 0 Å². The molecule has 0 saturated carbocycles. The number of hydrogen-bond acceptors (Lipinski definition) is 4. The SMILES string of the molecule is COc1ccc(/C=C/c2nc3ccccc3c(=O)n2-c2ccccc2)cc1OC. The third-order valence-electron chi connectivity index (χ3n) is 4.65. The summed E-state index contributed by atoms with van der Waals surface area (Å²) in [6.45, 7) is 0. The second kappa shape index (κ2) is 8.02. The van der Waals surface area contributed by atoms with Gasteiger partial charge in [0.2, 0.25) is 0 Å². The highest BCUT2D eigenvalue weighted by Crippen LogP contribution is 2.28. The minimum Gasteiger partial charge on any atom is -0.493 e. The number of aromatic nitrogens is 2. The van der Waals surface area contributed by atoms with E-state index in [9.17, 15) is 4.79 Å². The Morgan fingerprint density at radius 2 is 1.55 bits per heavy atom. The fourth-order valence-corrected chi connectivity index (χ4v) is 3.22. The lowest BCUT2D eigenvalue weighted by Crippen LogP contribution is -2.22. The predicted molar refractivity (Wildman–Crippen MR) is 116 cm³/mol. The second-order valence-electron chi connectivity index (χ2n) is 6.41. The van der Waals surface area contributed by atoms with Crippen molar-refractivity contribution in [3.05, 3.63) is 94.5 Å². The molecule has 5 nitrogen and oxygen atoms in total. The number of para-hydroxylation sites is 2. The first-order valence-electron chi connectivity index (χ1n) is 9.18. The van der Waals surface area contributed by atoms with Crippen LogP contribution in [-0.2, 0) is 0 Å². The Morgan fingerprint density at radius 1 is 0.828 bits per heavy atom. The number of ether oxygens (including phenoxy) is 2. The van der Waals surface area contributed by atoms with Gasteiger partial charge in [0, 0.05) is 0 Å². The van der Waals surface area contributed by atoms with E-state index in [1.165, 1.54) is 0 Å². The van der Waals surface area contributed by atoms with Crippen LogP contribution in [0.25, 0.3) is 28.7 Å². The Labute approximate surface area is 168 Å². The Morgan fingerprint density at radius 3 is 2.31 bits per heavy atom. The van der Waals surface area contributed by atoms with Crippen molar-refractivity contribution in [2.45, 2.75) is 0 Å². The van der Waals surface area contributed by atoms with E-state index in [0.29, 0.717) is 28.2 Å². The fraction of sp³-hybridized carbons (Fsp3) is 0.0833. The first kappa shape index (κ1) is 18.5. The highest BCUT2D eigenvalue weighted by atomic mass is 16.5. The highest BCUT2D eigenvalue weighted by molar-refractivity contribution is 5.80. The van der Waals surface area contributed by atoms with Crippen LogP contribution in [-0.4, -0.2) is 23.8 Å². The molecule has 29 heavy (non-hydrogen) atoms. The van der Waals surface area contributed by atoms with Crippen LogP contribution in [0.5, 0.6) is 11.5 Å². The minimum atomic E-state index is -0.103. The largest absolute Gasteiger partial charge is 0.493 e. The summed E-state index contributed by atoms with van der Waals surface area (Å²) in [7, 11) is 3.20. The van der Waals surface area contributed by atoms with Gasteiger partial charge in [-0.05, 0) is 48.0 Å². The molecule has 0 atom stereocenters. The van der Waals surface area contributed by atoms with E-state index in [4.69, 9.17) is 14.5 Å². The van der Waals surface area contributed by atoms with Gasteiger partial charge in [-0.25, -0.2) is 4.98 Å². The smallest absolute Gasteiger partial charge is 0.266 e. The molecule has 0 unspecified atom stereocenters. The van der Waals surface area contributed by atoms with Gasteiger partial charge in [-0.3, -0.25) is 9.36 Å². The van der Waals surface area contributed by atoms with Crippen LogP contribution in [0.1, 0.15) is 11.4 Å². The zero-order chi connectivity index (χ0) is 20.2. The summed E-state index contributed by atoms with van der Waals surface area (Å²) in [4.78, 5) is 17.9. The number of hydrogen-bond donors (Lipinski definition) is 0. The fourth-order valence-electron chi connectivity index (χ4n) is 3.22. The molecule has 0 bridgehead atoms. The van der Waals surface area contributed by atoms with Crippen LogP contribution in [0.4, 0.5) is 0 Å². The molecule has 0 spiro atoms. The number of rotatable bonds is 5. The third kappa shape index (κ3) is 3.62. The van der Waals surface area contributed by atoms with Gasteiger partial charge in [0.1, 0.15) is 5.82 Å². The molecule has 5 heteroatoms. The van der Waals surface area contributed by atoms with E-state index in [2.05, 4.69) is 0 Å². The monoisotopic (exact) mass is 384 g/mol. The lowest BCUT2D eigenvalue weighted by atomic mass is 10.1. The van der Waals surface area contributed by atoms with Crippen molar-refractivity contribution in [2.75, 3.05) is 14.2 Å². The van der Waals surface area contributed by atoms with Crippen molar-refractivity contribution < 1.29 is 9.47 Å². The van der Waals surface area contributed by atoms with Crippen LogP contribution in [0, 0.1) is 0 Å². The molecule has 4 rings (SSSR count). The maximum Gasteiger partial charge on any atom is 0.266 e. The molecule has 0 aliphatic rings. The van der Waals surface area contributed by atoms with Crippen LogP contribution in [0.2, 0.25) is 0 Å². The number of fused-ring (bicyclic) bond motifs is 1. The lowest BCUT2D eigenvalue weighted by Gasteiger charge is -2.11. The third-order valence-corrected chi connectivity index (χ3v) is 4.65. The van der Waals surface area contributed by atoms with Crippen LogP contribution < -0.4 is 15.0 Å². The van der Waals surface area contributed by atoms with Crippen molar-refractivity contribution in [3.63, 3.8) is 0 Å². The van der Waals surface area contributed by atoms with Crippen molar-refractivity contribution in [2.24, 2.45) is 0 Å². The lowest BCUT2D eigenvalue weighted by molar-refractivity contribution is 0.355. The Bertz CT molecular complexity index is 1240. The summed E-state index contributed by atoms with van der Waals surface area (Å²) >= 11 is 0. The second-order valence-corrected chi connectivity index (χ2v) is 6.41. The molecule has 0 amide bonds. The molecule has 3 aromatic carbocycles. The Kier molecular flexibility index (Phi) is 5.12. The number of benzene rings is 3. The van der Waals surface area contributed by atoms with Crippen molar-refractivity contribution in [1.29, 1.82) is 0 Å². The summed E-state index contributed by atoms with van der Waals surface area (Å²) < 4.78 is 12.3. The normalized spacial score (nSPS) is 11.1. The van der Waals surface area contributed by atoms with Crippen molar-refractivity contribution >= 4 is 23.1 Å². The number of nitrogens with zero attached hydrogens (tertiary/aromatic N) is 2. The van der Waals surface area contributed by atoms with Gasteiger partial charge < -0.3 is 9.47 Å². The molecule has 144 valence electrons. The number of methoxy groups -OCH3 is 2. The van der Waals surface area contributed by atoms with Crippen molar-refractivity contribution in [1.82, 2.24) is 9.55 Å². The van der Waals surface area contributed by atoms with Gasteiger partial charge in [-0.1, -0.05) is 42.5 Å². The molecule has 1 aromatic heterocycles. The zero-order valence-electron chi connectivity index (χ0n) is 16.2. The van der Waals surface area contributed by atoms with E-state index in [1.807, 2.05) is 78.9 Å². The Balaban J connectivity index is 1.87. The van der Waals surface area contributed by atoms with E-state index in [1.54, 1.807) is 24.9 Å². The topological polar surface area (TPSA) is 53.3 Å². The summed E-state index contributed by atoms with van der Waals surface area (Å²) in [5.74, 6) is 1.85. The van der Waals surface area contributed by atoms with Gasteiger partial charge in [-0.2, -0.15) is 0 Å². The molecule has 0 radical (unpaired) electrons. The summed E-state index contributed by atoms with van der Waals surface area (Å²) in [5, 5.41) is 0.583. The first-order valence-corrected chi connectivity index (χ1v) is 9.18. The van der Waals surface area contributed by atoms with Crippen LogP contribution >= 0.6 is 0 Å². The standard InChI is InChI=1S/C24H20N2O3/c1-28-21-14-12-17(16-22(21)29-2)13-15-23-25-20-11-7-6-10-19(20)24(27)26(23)18-8-4-3-5-9-18/h3-16H,1-2H3/b15-13+. The summed E-state index contributed by atoms with van der Waals surface area (Å²) in [6.07, 6.45) is 3.74. The van der Waals surface area contributed by atoms with E-state index in [0.717, 1.165) is 11.3 Å². The first-order chi connectivity index (χ1) is 14.2. The molecular weight excluding hydrogens is 364 g/mol. The molecule has 1 heterocycles.